The Balaban J connectivity index is 1.24. The number of hydrogen-bond donors (Lipinski definition) is 1. The van der Waals surface area contributed by atoms with E-state index in [1.165, 1.54) is 11.1 Å². The zero-order valence-corrected chi connectivity index (χ0v) is 17.3. The first-order valence-corrected chi connectivity index (χ1v) is 10.8. The SMILES string of the molecule is Cc1ccc(CN2C[C@@H]3CN(C(=O)c4[nH]c5c(c4C)C(=O)CCC5)CC[C@@H]32)cc1. The lowest BCUT2D eigenvalue weighted by molar-refractivity contribution is -0.0422. The van der Waals surface area contributed by atoms with E-state index in [-0.39, 0.29) is 11.7 Å². The van der Waals surface area contributed by atoms with E-state index in [4.69, 9.17) is 0 Å². The van der Waals surface area contributed by atoms with Crippen LogP contribution in [0, 0.1) is 19.8 Å². The highest BCUT2D eigenvalue weighted by molar-refractivity contribution is 6.04. The number of aromatic nitrogens is 1. The second kappa shape index (κ2) is 7.13. The summed E-state index contributed by atoms with van der Waals surface area (Å²) in [5.41, 5.74) is 5.90. The Morgan fingerprint density at radius 1 is 1.14 bits per heavy atom. The smallest absolute Gasteiger partial charge is 0.270 e. The fourth-order valence-electron chi connectivity index (χ4n) is 5.42. The van der Waals surface area contributed by atoms with Gasteiger partial charge in [0.15, 0.2) is 5.78 Å². The van der Waals surface area contributed by atoms with E-state index in [1.807, 2.05) is 11.8 Å². The predicted molar refractivity (Wildman–Crippen MR) is 112 cm³/mol. The highest BCUT2D eigenvalue weighted by Gasteiger charge is 2.43. The van der Waals surface area contributed by atoms with Crippen LogP contribution in [0.2, 0.25) is 0 Å². The third kappa shape index (κ3) is 3.21. The topological polar surface area (TPSA) is 56.4 Å². The summed E-state index contributed by atoms with van der Waals surface area (Å²) < 4.78 is 0. The Morgan fingerprint density at radius 2 is 1.93 bits per heavy atom. The van der Waals surface area contributed by atoms with Crippen molar-refractivity contribution in [1.29, 1.82) is 0 Å². The zero-order chi connectivity index (χ0) is 20.1. The number of aromatic amines is 1. The molecule has 152 valence electrons. The van der Waals surface area contributed by atoms with E-state index >= 15 is 0 Å². The van der Waals surface area contributed by atoms with Gasteiger partial charge in [-0.25, -0.2) is 0 Å². The van der Waals surface area contributed by atoms with Crippen LogP contribution in [0.4, 0.5) is 0 Å². The largest absolute Gasteiger partial charge is 0.354 e. The number of hydrogen-bond acceptors (Lipinski definition) is 3. The molecule has 1 N–H and O–H groups in total. The van der Waals surface area contributed by atoms with Gasteiger partial charge in [-0.15, -0.1) is 0 Å². The van der Waals surface area contributed by atoms with Crippen molar-refractivity contribution in [3.8, 4) is 0 Å². The van der Waals surface area contributed by atoms with E-state index < -0.39 is 0 Å². The summed E-state index contributed by atoms with van der Waals surface area (Å²) in [6.07, 6.45) is 3.38. The second-order valence-electron chi connectivity index (χ2n) is 9.04. The number of benzene rings is 1. The van der Waals surface area contributed by atoms with Gasteiger partial charge in [-0.2, -0.15) is 0 Å². The van der Waals surface area contributed by atoms with Gasteiger partial charge in [-0.1, -0.05) is 29.8 Å². The lowest BCUT2D eigenvalue weighted by Crippen LogP contribution is -2.63. The number of amides is 1. The van der Waals surface area contributed by atoms with Crippen LogP contribution in [-0.4, -0.2) is 52.2 Å². The van der Waals surface area contributed by atoms with E-state index in [1.54, 1.807) is 0 Å². The number of likely N-dealkylation sites (tertiary alicyclic amines) is 2. The Kier molecular flexibility index (Phi) is 4.58. The van der Waals surface area contributed by atoms with Crippen molar-refractivity contribution in [1.82, 2.24) is 14.8 Å². The second-order valence-corrected chi connectivity index (χ2v) is 9.04. The Morgan fingerprint density at radius 3 is 2.66 bits per heavy atom. The summed E-state index contributed by atoms with van der Waals surface area (Å²) in [7, 11) is 0. The molecule has 0 spiro atoms. The lowest BCUT2D eigenvalue weighted by Gasteiger charge is -2.53. The average Bonchev–Trinajstić information content (AvgIpc) is 3.04. The molecule has 1 aliphatic carbocycles. The number of carbonyl (C=O) groups excluding carboxylic acids is 2. The zero-order valence-electron chi connectivity index (χ0n) is 17.3. The van der Waals surface area contributed by atoms with Crippen molar-refractivity contribution in [3.05, 3.63) is 57.9 Å². The van der Waals surface area contributed by atoms with Gasteiger partial charge >= 0.3 is 0 Å². The van der Waals surface area contributed by atoms with E-state index in [0.717, 1.165) is 62.3 Å². The van der Waals surface area contributed by atoms with Crippen LogP contribution in [0.25, 0.3) is 0 Å². The summed E-state index contributed by atoms with van der Waals surface area (Å²) in [5, 5.41) is 0. The van der Waals surface area contributed by atoms with Crippen molar-refractivity contribution in [2.45, 2.75) is 52.1 Å². The lowest BCUT2D eigenvalue weighted by atomic mass is 9.82. The van der Waals surface area contributed by atoms with E-state index in [2.05, 4.69) is 41.1 Å². The number of carbonyl (C=O) groups is 2. The molecule has 1 amide bonds. The maximum absolute atomic E-state index is 13.2. The Hall–Kier alpha value is -2.40. The molecule has 29 heavy (non-hydrogen) atoms. The van der Waals surface area contributed by atoms with Crippen molar-refractivity contribution in [3.63, 3.8) is 0 Å². The van der Waals surface area contributed by atoms with Gasteiger partial charge in [0.25, 0.3) is 5.91 Å². The third-order valence-corrected chi connectivity index (χ3v) is 7.08. The molecule has 0 radical (unpaired) electrons. The molecule has 0 unspecified atom stereocenters. The molecule has 0 bridgehead atoms. The van der Waals surface area contributed by atoms with Crippen molar-refractivity contribution < 1.29 is 9.59 Å². The number of fused-ring (bicyclic) bond motifs is 2. The maximum atomic E-state index is 13.2. The number of nitrogens with zero attached hydrogens (tertiary/aromatic N) is 2. The summed E-state index contributed by atoms with van der Waals surface area (Å²) >= 11 is 0. The average molecular weight is 392 g/mol. The molecule has 1 aromatic carbocycles. The summed E-state index contributed by atoms with van der Waals surface area (Å²) in [4.78, 5) is 33.3. The van der Waals surface area contributed by atoms with Crippen molar-refractivity contribution in [2.24, 2.45) is 5.92 Å². The minimum Gasteiger partial charge on any atom is -0.354 e. The third-order valence-electron chi connectivity index (χ3n) is 7.08. The number of Topliss-reactive ketones (excluding diaryl/α,β-unsaturated/α-hetero) is 1. The van der Waals surface area contributed by atoms with Gasteiger partial charge in [-0.3, -0.25) is 14.5 Å². The number of piperidine rings is 1. The van der Waals surface area contributed by atoms with Crippen LogP contribution >= 0.6 is 0 Å². The molecule has 3 aliphatic rings. The minimum atomic E-state index is 0.0696. The van der Waals surface area contributed by atoms with Gasteiger partial charge in [0.1, 0.15) is 5.69 Å². The van der Waals surface area contributed by atoms with E-state index in [0.29, 0.717) is 24.1 Å². The maximum Gasteiger partial charge on any atom is 0.270 e. The monoisotopic (exact) mass is 391 g/mol. The quantitative estimate of drug-likeness (QED) is 0.871. The Labute approximate surface area is 172 Å². The van der Waals surface area contributed by atoms with Crippen LogP contribution in [0.15, 0.2) is 24.3 Å². The standard InChI is InChI=1S/C24H29N3O2/c1-15-6-8-17(9-7-15)12-27-14-18-13-26(11-10-20(18)27)24(29)23-16(2)22-19(25-23)4-3-5-21(22)28/h6-9,18,20,25H,3-5,10-14H2,1-2H3/t18-,20-/m0/s1. The molecular formula is C24H29N3O2. The fourth-order valence-corrected chi connectivity index (χ4v) is 5.42. The molecule has 0 saturated carbocycles. The van der Waals surface area contributed by atoms with Crippen LogP contribution in [-0.2, 0) is 13.0 Å². The number of rotatable bonds is 3. The van der Waals surface area contributed by atoms with Crippen molar-refractivity contribution >= 4 is 11.7 Å². The number of ketones is 1. The van der Waals surface area contributed by atoms with Gasteiger partial charge in [0.05, 0.1) is 0 Å². The highest BCUT2D eigenvalue weighted by atomic mass is 16.2. The predicted octanol–water partition coefficient (Wildman–Crippen LogP) is 3.50. The summed E-state index contributed by atoms with van der Waals surface area (Å²) in [6.45, 7) is 7.72. The molecule has 5 rings (SSSR count). The molecule has 1 aromatic heterocycles. The molecule has 5 nitrogen and oxygen atoms in total. The normalized spacial score (nSPS) is 24.1. The summed E-state index contributed by atoms with van der Waals surface area (Å²) in [5.74, 6) is 0.813. The van der Waals surface area contributed by atoms with Gasteiger partial charge in [0.2, 0.25) is 0 Å². The van der Waals surface area contributed by atoms with E-state index in [9.17, 15) is 9.59 Å². The fraction of sp³-hybridized carbons (Fsp3) is 0.500. The van der Waals surface area contributed by atoms with Gasteiger partial charge < -0.3 is 9.88 Å². The molecule has 2 aromatic rings. The molecule has 5 heteroatoms. The highest BCUT2D eigenvalue weighted by Crippen LogP contribution is 2.35. The molecule has 2 saturated heterocycles. The number of aryl methyl sites for hydroxylation is 2. The van der Waals surface area contributed by atoms with Crippen LogP contribution in [0.3, 0.4) is 0 Å². The first-order valence-electron chi connectivity index (χ1n) is 10.8. The van der Waals surface area contributed by atoms with Crippen LogP contribution < -0.4 is 0 Å². The molecule has 2 aliphatic heterocycles. The number of H-pyrrole nitrogens is 1. The van der Waals surface area contributed by atoms with Gasteiger partial charge in [0, 0.05) is 55.8 Å². The van der Waals surface area contributed by atoms with Crippen LogP contribution in [0.1, 0.15) is 62.5 Å². The number of nitrogens with one attached hydrogen (secondary N) is 1. The molecule has 2 fully saturated rings. The first kappa shape index (κ1) is 18.6. The Bertz CT molecular complexity index is 959. The molecule has 2 atom stereocenters. The molecular weight excluding hydrogens is 362 g/mol. The first-order chi connectivity index (χ1) is 14.0. The van der Waals surface area contributed by atoms with Gasteiger partial charge in [-0.05, 0) is 44.2 Å². The molecule has 3 heterocycles. The van der Waals surface area contributed by atoms with Crippen LogP contribution in [0.5, 0.6) is 0 Å². The minimum absolute atomic E-state index is 0.0696. The van der Waals surface area contributed by atoms with Crippen molar-refractivity contribution in [2.75, 3.05) is 19.6 Å². The summed E-state index contributed by atoms with van der Waals surface area (Å²) in [6, 6.07) is 9.38.